The molecule has 0 saturated heterocycles. The fourth-order valence-corrected chi connectivity index (χ4v) is 2.37. The Hall–Kier alpha value is -2.19. The van der Waals surface area contributed by atoms with Crippen LogP contribution in [0.4, 0.5) is 5.69 Å². The zero-order chi connectivity index (χ0) is 14.5. The zero-order valence-electron chi connectivity index (χ0n) is 10.9. The van der Waals surface area contributed by atoms with Crippen LogP contribution in [0.15, 0.2) is 47.1 Å². The Labute approximate surface area is 125 Å². The van der Waals surface area contributed by atoms with Gasteiger partial charge in [0, 0.05) is 23.3 Å². The van der Waals surface area contributed by atoms with Gasteiger partial charge in [0.15, 0.2) is 0 Å². The van der Waals surface area contributed by atoms with Crippen molar-refractivity contribution >= 4 is 27.5 Å². The number of hydrogen-bond acceptors (Lipinski definition) is 3. The summed E-state index contributed by atoms with van der Waals surface area (Å²) in [5, 5.41) is 8.68. The number of aromatic nitrogens is 1. The monoisotopic (exact) mass is 329 g/mol. The van der Waals surface area contributed by atoms with E-state index >= 15 is 0 Å². The summed E-state index contributed by atoms with van der Waals surface area (Å²) in [6.07, 6.45) is 1.74. The minimum Gasteiger partial charge on any atom is -0.310 e. The number of nitriles is 1. The molecule has 0 atom stereocenters. The highest BCUT2D eigenvalue weighted by Gasteiger charge is 2.15. The highest BCUT2D eigenvalue weighted by atomic mass is 79.9. The molecule has 0 spiro atoms. The second-order valence-electron chi connectivity index (χ2n) is 4.19. The number of carbonyl (C=O) groups excluding carboxylic acids is 1. The first kappa shape index (κ1) is 14.2. The molecule has 0 bridgehead atoms. The van der Waals surface area contributed by atoms with Crippen molar-refractivity contribution in [3.05, 3.63) is 58.3 Å². The molecule has 5 heteroatoms. The number of carbonyl (C=O) groups is 1. The number of halogens is 1. The van der Waals surface area contributed by atoms with Crippen LogP contribution in [0.1, 0.15) is 16.1 Å². The van der Waals surface area contributed by atoms with E-state index in [1.807, 2.05) is 30.3 Å². The first-order valence-corrected chi connectivity index (χ1v) is 6.77. The van der Waals surface area contributed by atoms with E-state index in [0.29, 0.717) is 11.3 Å². The maximum atomic E-state index is 12.4. The normalized spacial score (nSPS) is 9.85. The third-order valence-corrected chi connectivity index (χ3v) is 3.51. The predicted octanol–water partition coefficient (Wildman–Crippen LogP) is 3.19. The third-order valence-electron chi connectivity index (χ3n) is 2.84. The molecule has 0 saturated carbocycles. The van der Waals surface area contributed by atoms with E-state index < -0.39 is 0 Å². The summed E-state index contributed by atoms with van der Waals surface area (Å²) in [7, 11) is 1.72. The molecule has 0 unspecified atom stereocenters. The van der Waals surface area contributed by atoms with E-state index in [1.54, 1.807) is 30.3 Å². The summed E-state index contributed by atoms with van der Waals surface area (Å²) >= 11 is 3.43. The maximum Gasteiger partial charge on any atom is 0.258 e. The molecule has 100 valence electrons. The average Bonchev–Trinajstić information content (AvgIpc) is 2.47. The molecule has 0 N–H and O–H groups in total. The second-order valence-corrected chi connectivity index (χ2v) is 5.04. The van der Waals surface area contributed by atoms with Gasteiger partial charge in [0.05, 0.1) is 23.9 Å². The van der Waals surface area contributed by atoms with Gasteiger partial charge in [-0.25, -0.2) is 0 Å². The Morgan fingerprint density at radius 2 is 2.15 bits per heavy atom. The number of benzene rings is 1. The molecule has 0 aliphatic carbocycles. The van der Waals surface area contributed by atoms with Crippen LogP contribution in [0, 0.1) is 11.3 Å². The topological polar surface area (TPSA) is 57.0 Å². The Kier molecular flexibility index (Phi) is 4.49. The van der Waals surface area contributed by atoms with Crippen molar-refractivity contribution in [1.29, 1.82) is 5.26 Å². The van der Waals surface area contributed by atoms with Gasteiger partial charge in [-0.2, -0.15) is 5.26 Å². The minimum atomic E-state index is -0.140. The van der Waals surface area contributed by atoms with E-state index in [1.165, 1.54) is 0 Å². The van der Waals surface area contributed by atoms with E-state index in [0.717, 1.165) is 10.2 Å². The lowest BCUT2D eigenvalue weighted by Gasteiger charge is -2.19. The smallest absolute Gasteiger partial charge is 0.258 e. The van der Waals surface area contributed by atoms with Crippen LogP contribution in [-0.4, -0.2) is 17.9 Å². The van der Waals surface area contributed by atoms with Crippen LogP contribution in [0.25, 0.3) is 0 Å². The van der Waals surface area contributed by atoms with E-state index in [-0.39, 0.29) is 12.3 Å². The number of rotatable bonds is 3. The highest BCUT2D eigenvalue weighted by Crippen LogP contribution is 2.25. The number of hydrogen-bond donors (Lipinski definition) is 0. The molecular weight excluding hydrogens is 318 g/mol. The van der Waals surface area contributed by atoms with Gasteiger partial charge >= 0.3 is 0 Å². The summed E-state index contributed by atoms with van der Waals surface area (Å²) in [6, 6.07) is 12.8. The first-order valence-electron chi connectivity index (χ1n) is 5.98. The van der Waals surface area contributed by atoms with Crippen molar-refractivity contribution < 1.29 is 4.79 Å². The molecule has 1 heterocycles. The summed E-state index contributed by atoms with van der Waals surface area (Å²) in [5.74, 6) is -0.140. The van der Waals surface area contributed by atoms with Crippen LogP contribution in [-0.2, 0) is 6.42 Å². The SMILES string of the molecule is CN(C(=O)c1ccnc(CC#N)c1)c1ccccc1Br. The van der Waals surface area contributed by atoms with Gasteiger partial charge in [-0.3, -0.25) is 9.78 Å². The predicted molar refractivity (Wildman–Crippen MR) is 80.4 cm³/mol. The summed E-state index contributed by atoms with van der Waals surface area (Å²) < 4.78 is 0.849. The number of amides is 1. The number of nitrogens with zero attached hydrogens (tertiary/aromatic N) is 3. The number of pyridine rings is 1. The van der Waals surface area contributed by atoms with Crippen LogP contribution >= 0.6 is 15.9 Å². The molecule has 0 radical (unpaired) electrons. The van der Waals surface area contributed by atoms with Gasteiger partial charge in [0.2, 0.25) is 0 Å². The average molecular weight is 330 g/mol. The summed E-state index contributed by atoms with van der Waals surface area (Å²) in [5.41, 5.74) is 1.90. The van der Waals surface area contributed by atoms with Gasteiger partial charge < -0.3 is 4.90 Å². The van der Waals surface area contributed by atoms with Crippen molar-refractivity contribution in [2.45, 2.75) is 6.42 Å². The van der Waals surface area contributed by atoms with E-state index in [9.17, 15) is 4.79 Å². The minimum absolute atomic E-state index is 0.140. The molecule has 2 rings (SSSR count). The van der Waals surface area contributed by atoms with E-state index in [4.69, 9.17) is 5.26 Å². The Morgan fingerprint density at radius 3 is 2.85 bits per heavy atom. The highest BCUT2D eigenvalue weighted by molar-refractivity contribution is 9.10. The molecule has 20 heavy (non-hydrogen) atoms. The van der Waals surface area contributed by atoms with Crippen molar-refractivity contribution in [1.82, 2.24) is 4.98 Å². The summed E-state index contributed by atoms with van der Waals surface area (Å²) in [6.45, 7) is 0. The first-order chi connectivity index (χ1) is 9.63. The molecule has 1 aromatic carbocycles. The molecule has 0 aliphatic rings. The lowest BCUT2D eigenvalue weighted by molar-refractivity contribution is 0.0992. The van der Waals surface area contributed by atoms with Crippen molar-refractivity contribution in [3.63, 3.8) is 0 Å². The molecule has 0 fully saturated rings. The fraction of sp³-hybridized carbons (Fsp3) is 0.133. The standard InChI is InChI=1S/C15H12BrN3O/c1-19(14-5-3-2-4-13(14)16)15(20)11-7-9-18-12(10-11)6-8-17/h2-5,7,9-10H,6H2,1H3. The van der Waals surface area contributed by atoms with Gasteiger partial charge in [0.1, 0.15) is 0 Å². The van der Waals surface area contributed by atoms with Crippen molar-refractivity contribution in [3.8, 4) is 6.07 Å². The lowest BCUT2D eigenvalue weighted by Crippen LogP contribution is -2.26. The largest absolute Gasteiger partial charge is 0.310 e. The third kappa shape index (κ3) is 3.03. The second kappa shape index (κ2) is 6.31. The Balaban J connectivity index is 2.30. The van der Waals surface area contributed by atoms with Crippen molar-refractivity contribution in [2.75, 3.05) is 11.9 Å². The lowest BCUT2D eigenvalue weighted by atomic mass is 10.1. The van der Waals surface area contributed by atoms with Gasteiger partial charge in [-0.15, -0.1) is 0 Å². The molecule has 1 aromatic heterocycles. The summed E-state index contributed by atoms with van der Waals surface area (Å²) in [4.78, 5) is 18.1. The number of para-hydroxylation sites is 1. The van der Waals surface area contributed by atoms with Gasteiger partial charge in [-0.05, 0) is 40.2 Å². The maximum absolute atomic E-state index is 12.4. The van der Waals surface area contributed by atoms with Crippen LogP contribution in [0.5, 0.6) is 0 Å². The fourth-order valence-electron chi connectivity index (χ4n) is 1.82. The molecule has 1 amide bonds. The molecule has 2 aromatic rings. The molecule has 4 nitrogen and oxygen atoms in total. The Bertz CT molecular complexity index is 679. The van der Waals surface area contributed by atoms with Gasteiger partial charge in [-0.1, -0.05) is 12.1 Å². The number of anilines is 1. The van der Waals surface area contributed by atoms with E-state index in [2.05, 4.69) is 20.9 Å². The Morgan fingerprint density at radius 1 is 1.40 bits per heavy atom. The zero-order valence-corrected chi connectivity index (χ0v) is 12.5. The molecule has 0 aliphatic heterocycles. The van der Waals surface area contributed by atoms with Crippen LogP contribution in [0.2, 0.25) is 0 Å². The van der Waals surface area contributed by atoms with Crippen LogP contribution < -0.4 is 4.90 Å². The van der Waals surface area contributed by atoms with Gasteiger partial charge in [0.25, 0.3) is 5.91 Å². The molecular formula is C15H12BrN3O. The van der Waals surface area contributed by atoms with Crippen LogP contribution in [0.3, 0.4) is 0 Å². The quantitative estimate of drug-likeness (QED) is 0.868. The van der Waals surface area contributed by atoms with Crippen molar-refractivity contribution in [2.24, 2.45) is 0 Å².